The summed E-state index contributed by atoms with van der Waals surface area (Å²) in [5.74, 6) is 0.372. The first-order valence-electron chi connectivity index (χ1n) is 9.89. The van der Waals surface area contributed by atoms with Crippen LogP contribution >= 0.6 is 22.7 Å². The first-order valence-corrected chi connectivity index (χ1v) is 11.6. The van der Waals surface area contributed by atoms with Crippen LogP contribution in [0, 0.1) is 5.92 Å². The second-order valence-corrected chi connectivity index (χ2v) is 9.51. The van der Waals surface area contributed by atoms with Crippen molar-refractivity contribution >= 4 is 39.6 Å². The zero-order valence-corrected chi connectivity index (χ0v) is 17.8. The third-order valence-electron chi connectivity index (χ3n) is 5.55. The number of carbonyl (C=O) groups excluding carboxylic acids is 2. The summed E-state index contributed by atoms with van der Waals surface area (Å²) in [6, 6.07) is 4.16. The number of nitrogens with zero attached hydrogens (tertiary/aromatic N) is 3. The predicted molar refractivity (Wildman–Crippen MR) is 113 cm³/mol. The highest BCUT2D eigenvalue weighted by Gasteiger charge is 2.29. The van der Waals surface area contributed by atoms with E-state index in [0.717, 1.165) is 62.7 Å². The summed E-state index contributed by atoms with van der Waals surface area (Å²) in [5, 5.41) is 6.23. The van der Waals surface area contributed by atoms with E-state index in [9.17, 15) is 9.59 Å². The van der Waals surface area contributed by atoms with Crippen LogP contribution in [0.25, 0.3) is 0 Å². The first kappa shape index (κ1) is 19.4. The third-order valence-corrected chi connectivity index (χ3v) is 7.66. The number of piperazine rings is 1. The van der Waals surface area contributed by atoms with Gasteiger partial charge in [-0.15, -0.1) is 22.7 Å². The molecule has 1 N–H and O–H groups in total. The Labute approximate surface area is 173 Å². The van der Waals surface area contributed by atoms with Crippen molar-refractivity contribution in [2.75, 3.05) is 37.6 Å². The largest absolute Gasteiger partial charge is 0.355 e. The Morgan fingerprint density at radius 2 is 2.11 bits per heavy atom. The van der Waals surface area contributed by atoms with Gasteiger partial charge in [-0.1, -0.05) is 6.07 Å². The zero-order chi connectivity index (χ0) is 19.5. The fourth-order valence-electron chi connectivity index (χ4n) is 3.84. The minimum Gasteiger partial charge on any atom is -0.355 e. The van der Waals surface area contributed by atoms with Crippen LogP contribution in [0.15, 0.2) is 17.5 Å². The number of fused-ring (bicyclic) bond motifs is 1. The van der Waals surface area contributed by atoms with Crippen LogP contribution in [0.4, 0.5) is 5.13 Å². The summed E-state index contributed by atoms with van der Waals surface area (Å²) in [4.78, 5) is 35.7. The molecule has 1 atom stereocenters. The minimum atomic E-state index is 0.0543. The van der Waals surface area contributed by atoms with Crippen molar-refractivity contribution < 1.29 is 9.59 Å². The van der Waals surface area contributed by atoms with Crippen molar-refractivity contribution in [2.45, 2.75) is 32.6 Å². The van der Waals surface area contributed by atoms with E-state index in [1.807, 2.05) is 11.0 Å². The highest BCUT2D eigenvalue weighted by atomic mass is 32.1. The minimum absolute atomic E-state index is 0.0543. The number of amides is 2. The molecule has 0 aromatic carbocycles. The molecule has 6 nitrogen and oxygen atoms in total. The fraction of sp³-hybridized carbons (Fsp3) is 0.550. The molecule has 1 aliphatic heterocycles. The molecule has 28 heavy (non-hydrogen) atoms. The van der Waals surface area contributed by atoms with Gasteiger partial charge in [0.15, 0.2) is 5.13 Å². The maximum absolute atomic E-state index is 12.6. The van der Waals surface area contributed by atoms with Crippen LogP contribution in [-0.4, -0.2) is 54.4 Å². The fourth-order valence-corrected chi connectivity index (χ4v) is 5.79. The van der Waals surface area contributed by atoms with E-state index < -0.39 is 0 Å². The number of carbonyl (C=O) groups is 2. The zero-order valence-electron chi connectivity index (χ0n) is 16.1. The molecule has 0 spiro atoms. The van der Waals surface area contributed by atoms with E-state index in [0.29, 0.717) is 6.54 Å². The normalized spacial score (nSPS) is 19.4. The molecule has 2 aliphatic rings. The summed E-state index contributed by atoms with van der Waals surface area (Å²) in [6.07, 6.45) is 3.45. The van der Waals surface area contributed by atoms with Gasteiger partial charge in [-0.25, -0.2) is 4.98 Å². The van der Waals surface area contributed by atoms with Crippen molar-refractivity contribution in [3.8, 4) is 0 Å². The number of aryl methyl sites for hydroxylation is 1. The molecule has 3 heterocycles. The molecule has 1 unspecified atom stereocenters. The summed E-state index contributed by atoms with van der Waals surface area (Å²) in [6.45, 7) is 5.52. The van der Waals surface area contributed by atoms with Crippen molar-refractivity contribution in [3.63, 3.8) is 0 Å². The molecule has 2 aromatic rings. The van der Waals surface area contributed by atoms with Crippen molar-refractivity contribution in [1.29, 1.82) is 0 Å². The highest BCUT2D eigenvalue weighted by Crippen LogP contribution is 2.34. The van der Waals surface area contributed by atoms with E-state index in [2.05, 4.69) is 21.7 Å². The number of rotatable bonds is 5. The van der Waals surface area contributed by atoms with E-state index >= 15 is 0 Å². The highest BCUT2D eigenvalue weighted by molar-refractivity contribution is 7.15. The Bertz CT molecular complexity index is 825. The number of nitrogens with one attached hydrogen (secondary N) is 1. The van der Waals surface area contributed by atoms with Gasteiger partial charge in [0.05, 0.1) is 5.69 Å². The summed E-state index contributed by atoms with van der Waals surface area (Å²) in [7, 11) is 0. The molecule has 4 rings (SSSR count). The lowest BCUT2D eigenvalue weighted by Gasteiger charge is -2.33. The second kappa shape index (κ2) is 8.61. The lowest BCUT2D eigenvalue weighted by atomic mass is 9.90. The van der Waals surface area contributed by atoms with Crippen molar-refractivity contribution in [2.24, 2.45) is 5.92 Å². The lowest BCUT2D eigenvalue weighted by Crippen LogP contribution is -2.48. The molecule has 8 heteroatoms. The molecule has 0 radical (unpaired) electrons. The summed E-state index contributed by atoms with van der Waals surface area (Å²) >= 11 is 3.46. The van der Waals surface area contributed by atoms with Crippen LogP contribution in [0.1, 0.15) is 28.8 Å². The average molecular weight is 419 g/mol. The van der Waals surface area contributed by atoms with Crippen LogP contribution in [0.5, 0.6) is 0 Å². The molecule has 1 saturated heterocycles. The van der Waals surface area contributed by atoms with Crippen molar-refractivity contribution in [3.05, 3.63) is 33.0 Å². The number of aromatic nitrogens is 1. The predicted octanol–water partition coefficient (Wildman–Crippen LogP) is 2.34. The smallest absolute Gasteiger partial charge is 0.223 e. The first-order chi connectivity index (χ1) is 13.6. The van der Waals surface area contributed by atoms with Gasteiger partial charge in [-0.3, -0.25) is 9.59 Å². The van der Waals surface area contributed by atoms with Gasteiger partial charge in [0.1, 0.15) is 0 Å². The summed E-state index contributed by atoms with van der Waals surface area (Å²) in [5.41, 5.74) is 1.16. The number of hydrogen-bond donors (Lipinski definition) is 1. The molecule has 0 bridgehead atoms. The van der Waals surface area contributed by atoms with Gasteiger partial charge >= 0.3 is 0 Å². The maximum atomic E-state index is 12.6. The second-order valence-electron chi connectivity index (χ2n) is 7.42. The molecule has 1 aliphatic carbocycles. The Hall–Kier alpha value is -1.93. The van der Waals surface area contributed by atoms with Gasteiger partial charge < -0.3 is 15.1 Å². The number of thiazole rings is 1. The SMILES string of the molecule is CC(=O)N1CCN(c2nc3c(s2)CC(C(=O)NCCc2cccs2)CC3)CC1. The Kier molecular flexibility index (Phi) is 5.96. The Morgan fingerprint density at radius 1 is 1.29 bits per heavy atom. The van der Waals surface area contributed by atoms with E-state index in [4.69, 9.17) is 4.98 Å². The topological polar surface area (TPSA) is 65.5 Å². The van der Waals surface area contributed by atoms with Crippen LogP contribution in [-0.2, 0) is 28.9 Å². The molecule has 0 saturated carbocycles. The molecular formula is C20H26N4O2S2. The number of anilines is 1. The maximum Gasteiger partial charge on any atom is 0.223 e. The van der Waals surface area contributed by atoms with E-state index in [1.54, 1.807) is 29.6 Å². The third kappa shape index (κ3) is 4.38. The molecule has 2 aromatic heterocycles. The van der Waals surface area contributed by atoms with Crippen molar-refractivity contribution in [1.82, 2.24) is 15.2 Å². The summed E-state index contributed by atoms with van der Waals surface area (Å²) < 4.78 is 0. The quantitative estimate of drug-likeness (QED) is 0.809. The standard InChI is InChI=1S/C20H26N4O2S2/c1-14(25)23-8-10-24(11-9-23)20-22-17-5-4-15(13-18(17)28-20)19(26)21-7-6-16-3-2-12-27-16/h2-3,12,15H,4-11,13H2,1H3,(H,21,26). The number of hydrogen-bond acceptors (Lipinski definition) is 6. The number of thiophene rings is 1. The lowest BCUT2D eigenvalue weighted by molar-refractivity contribution is -0.129. The average Bonchev–Trinajstić information content (AvgIpc) is 3.37. The van der Waals surface area contributed by atoms with Gasteiger partial charge in [0.25, 0.3) is 0 Å². The van der Waals surface area contributed by atoms with Gasteiger partial charge in [0, 0.05) is 55.3 Å². The van der Waals surface area contributed by atoms with Gasteiger partial charge in [-0.05, 0) is 37.1 Å². The molecule has 150 valence electrons. The van der Waals surface area contributed by atoms with Gasteiger partial charge in [-0.2, -0.15) is 0 Å². The molecular weight excluding hydrogens is 392 g/mol. The Balaban J connectivity index is 1.30. The monoisotopic (exact) mass is 418 g/mol. The van der Waals surface area contributed by atoms with E-state index in [-0.39, 0.29) is 17.7 Å². The Morgan fingerprint density at radius 3 is 2.82 bits per heavy atom. The van der Waals surface area contributed by atoms with Gasteiger partial charge in [0.2, 0.25) is 11.8 Å². The van der Waals surface area contributed by atoms with E-state index in [1.165, 1.54) is 9.75 Å². The molecule has 2 amide bonds. The van der Waals surface area contributed by atoms with Crippen LogP contribution in [0.2, 0.25) is 0 Å². The van der Waals surface area contributed by atoms with Crippen LogP contribution < -0.4 is 10.2 Å². The van der Waals surface area contributed by atoms with Crippen LogP contribution in [0.3, 0.4) is 0 Å². The molecule has 1 fully saturated rings.